The van der Waals surface area contributed by atoms with Gasteiger partial charge in [0.15, 0.2) is 0 Å². The number of fused-ring (bicyclic) bond motifs is 2. The van der Waals surface area contributed by atoms with Gasteiger partial charge in [-0.25, -0.2) is 0 Å². The first kappa shape index (κ1) is 11.0. The van der Waals surface area contributed by atoms with E-state index in [1.165, 1.54) is 32.1 Å². The fourth-order valence-electron chi connectivity index (χ4n) is 4.31. The van der Waals surface area contributed by atoms with E-state index in [9.17, 15) is 5.11 Å². The Morgan fingerprint density at radius 3 is 2.88 bits per heavy atom. The molecule has 0 aromatic carbocycles. The molecule has 0 aromatic heterocycles. The Hall–Kier alpha value is -0.120. The molecule has 0 aromatic rings. The zero-order chi connectivity index (χ0) is 11.2. The Labute approximate surface area is 97.6 Å². The fourth-order valence-corrected chi connectivity index (χ4v) is 4.31. The number of rotatable bonds is 3. The highest BCUT2D eigenvalue weighted by Gasteiger charge is 2.64. The Bertz CT molecular complexity index is 261. The topological polar surface area (TPSA) is 41.5 Å². The molecule has 1 spiro atoms. The molecule has 0 amide bonds. The molecule has 1 aliphatic heterocycles. The van der Waals surface area contributed by atoms with Crippen LogP contribution in [0.25, 0.3) is 0 Å². The van der Waals surface area contributed by atoms with Crippen LogP contribution >= 0.6 is 0 Å². The Kier molecular flexibility index (Phi) is 2.73. The average Bonchev–Trinajstić information content (AvgIpc) is 2.82. The summed E-state index contributed by atoms with van der Waals surface area (Å²) >= 11 is 0. The highest BCUT2D eigenvalue weighted by molar-refractivity contribution is 5.16. The zero-order valence-electron chi connectivity index (χ0n) is 10.1. The minimum atomic E-state index is -0.236. The summed E-state index contributed by atoms with van der Waals surface area (Å²) in [5.74, 6) is 0.719. The van der Waals surface area contributed by atoms with Crippen LogP contribution in [-0.2, 0) is 4.74 Å². The fraction of sp³-hybridized carbons (Fsp3) is 1.00. The highest BCUT2D eigenvalue weighted by Crippen LogP contribution is 2.60. The van der Waals surface area contributed by atoms with Gasteiger partial charge in [-0.15, -0.1) is 0 Å². The van der Waals surface area contributed by atoms with E-state index in [1.807, 2.05) is 6.92 Å². The van der Waals surface area contributed by atoms with E-state index in [2.05, 4.69) is 5.32 Å². The van der Waals surface area contributed by atoms with Gasteiger partial charge in [0.1, 0.15) is 0 Å². The third kappa shape index (κ3) is 1.45. The van der Waals surface area contributed by atoms with Crippen LogP contribution < -0.4 is 5.32 Å². The monoisotopic (exact) mass is 225 g/mol. The lowest BCUT2D eigenvalue weighted by Crippen LogP contribution is -2.67. The summed E-state index contributed by atoms with van der Waals surface area (Å²) in [6, 6.07) is 0.608. The molecule has 0 bridgehead atoms. The van der Waals surface area contributed by atoms with Crippen LogP contribution in [0.5, 0.6) is 0 Å². The number of aliphatic hydroxyl groups is 1. The van der Waals surface area contributed by atoms with E-state index in [4.69, 9.17) is 4.74 Å². The molecular formula is C13H23NO2. The molecule has 2 aliphatic carbocycles. The molecule has 1 heterocycles. The van der Waals surface area contributed by atoms with Crippen LogP contribution in [-0.4, -0.2) is 36.5 Å². The van der Waals surface area contributed by atoms with Gasteiger partial charge in [-0.1, -0.05) is 12.8 Å². The second-order valence-electron chi connectivity index (χ2n) is 5.92. The quantitative estimate of drug-likeness (QED) is 0.761. The van der Waals surface area contributed by atoms with Gasteiger partial charge in [-0.2, -0.15) is 0 Å². The first-order valence-corrected chi connectivity index (χ1v) is 6.77. The molecule has 16 heavy (non-hydrogen) atoms. The lowest BCUT2D eigenvalue weighted by Gasteiger charge is -2.57. The van der Waals surface area contributed by atoms with Crippen LogP contribution in [0.1, 0.15) is 39.0 Å². The molecule has 3 unspecified atom stereocenters. The third-order valence-corrected chi connectivity index (χ3v) is 4.92. The molecule has 0 radical (unpaired) electrons. The van der Waals surface area contributed by atoms with E-state index in [-0.39, 0.29) is 6.10 Å². The van der Waals surface area contributed by atoms with Gasteiger partial charge < -0.3 is 15.2 Å². The number of aliphatic hydroxyl groups excluding tert-OH is 1. The number of nitrogens with one attached hydrogen (secondary N) is 1. The van der Waals surface area contributed by atoms with Crippen LogP contribution in [0.2, 0.25) is 0 Å². The van der Waals surface area contributed by atoms with E-state index in [0.717, 1.165) is 19.1 Å². The lowest BCUT2D eigenvalue weighted by molar-refractivity contribution is -0.131. The SMILES string of the molecule is C[C@H](O)CNC1C2CCOC2C12CCCC2. The molecule has 3 nitrogen and oxygen atoms in total. The van der Waals surface area contributed by atoms with Gasteiger partial charge in [0.05, 0.1) is 12.2 Å². The number of hydrogen-bond donors (Lipinski definition) is 2. The van der Waals surface area contributed by atoms with Gasteiger partial charge in [0.25, 0.3) is 0 Å². The second kappa shape index (κ2) is 3.97. The molecule has 3 fully saturated rings. The van der Waals surface area contributed by atoms with E-state index in [0.29, 0.717) is 17.6 Å². The van der Waals surface area contributed by atoms with Gasteiger partial charge in [-0.05, 0) is 26.2 Å². The Morgan fingerprint density at radius 2 is 2.19 bits per heavy atom. The van der Waals surface area contributed by atoms with Crippen molar-refractivity contribution in [2.24, 2.45) is 11.3 Å². The zero-order valence-corrected chi connectivity index (χ0v) is 10.1. The van der Waals surface area contributed by atoms with Crippen molar-refractivity contribution in [1.82, 2.24) is 5.32 Å². The van der Waals surface area contributed by atoms with Crippen LogP contribution in [0.4, 0.5) is 0 Å². The molecule has 2 N–H and O–H groups in total. The van der Waals surface area contributed by atoms with Crippen molar-refractivity contribution in [2.75, 3.05) is 13.2 Å². The molecule has 3 heteroatoms. The summed E-state index contributed by atoms with van der Waals surface area (Å²) in [7, 11) is 0. The van der Waals surface area contributed by atoms with Gasteiger partial charge in [-0.3, -0.25) is 0 Å². The summed E-state index contributed by atoms with van der Waals surface area (Å²) in [6.45, 7) is 3.54. The van der Waals surface area contributed by atoms with Crippen LogP contribution in [0.15, 0.2) is 0 Å². The summed E-state index contributed by atoms with van der Waals surface area (Å²) in [5.41, 5.74) is 0.427. The van der Waals surface area contributed by atoms with E-state index < -0.39 is 0 Å². The maximum atomic E-state index is 9.40. The molecular weight excluding hydrogens is 202 g/mol. The van der Waals surface area contributed by atoms with E-state index in [1.54, 1.807) is 0 Å². The third-order valence-electron chi connectivity index (χ3n) is 4.92. The maximum Gasteiger partial charge on any atom is 0.0690 e. The molecule has 1 saturated heterocycles. The first-order valence-electron chi connectivity index (χ1n) is 6.77. The summed E-state index contributed by atoms with van der Waals surface area (Å²) in [4.78, 5) is 0. The molecule has 2 saturated carbocycles. The van der Waals surface area contributed by atoms with Crippen LogP contribution in [0.3, 0.4) is 0 Å². The van der Waals surface area contributed by atoms with Crippen molar-refractivity contribution in [2.45, 2.75) is 57.3 Å². The second-order valence-corrected chi connectivity index (χ2v) is 5.92. The molecule has 92 valence electrons. The summed E-state index contributed by atoms with van der Waals surface area (Å²) in [6.07, 6.45) is 6.88. The molecule has 3 rings (SSSR count). The summed E-state index contributed by atoms with van der Waals surface area (Å²) < 4.78 is 5.92. The van der Waals surface area contributed by atoms with Crippen molar-refractivity contribution in [3.8, 4) is 0 Å². The minimum absolute atomic E-state index is 0.236. The number of hydrogen-bond acceptors (Lipinski definition) is 3. The average molecular weight is 225 g/mol. The van der Waals surface area contributed by atoms with Crippen molar-refractivity contribution in [3.05, 3.63) is 0 Å². The van der Waals surface area contributed by atoms with Gasteiger partial charge >= 0.3 is 0 Å². The van der Waals surface area contributed by atoms with Gasteiger partial charge in [0.2, 0.25) is 0 Å². The largest absolute Gasteiger partial charge is 0.392 e. The Morgan fingerprint density at radius 1 is 1.44 bits per heavy atom. The van der Waals surface area contributed by atoms with Crippen molar-refractivity contribution in [3.63, 3.8) is 0 Å². The molecule has 3 aliphatic rings. The summed E-state index contributed by atoms with van der Waals surface area (Å²) in [5, 5.41) is 13.0. The van der Waals surface area contributed by atoms with E-state index >= 15 is 0 Å². The highest BCUT2D eigenvalue weighted by atomic mass is 16.5. The number of ether oxygens (including phenoxy) is 1. The van der Waals surface area contributed by atoms with Gasteiger partial charge in [0, 0.05) is 30.5 Å². The maximum absolute atomic E-state index is 9.40. The normalized spacial score (nSPS) is 42.0. The van der Waals surface area contributed by atoms with Crippen molar-refractivity contribution >= 4 is 0 Å². The van der Waals surface area contributed by atoms with Crippen molar-refractivity contribution < 1.29 is 9.84 Å². The predicted octanol–water partition coefficient (Wildman–Crippen LogP) is 1.30. The van der Waals surface area contributed by atoms with Crippen molar-refractivity contribution in [1.29, 1.82) is 0 Å². The minimum Gasteiger partial charge on any atom is -0.392 e. The first-order chi connectivity index (χ1) is 7.74. The van der Waals surface area contributed by atoms with Crippen LogP contribution in [0, 0.1) is 11.3 Å². The Balaban J connectivity index is 1.70. The smallest absolute Gasteiger partial charge is 0.0690 e. The lowest BCUT2D eigenvalue weighted by atomic mass is 9.54. The predicted molar refractivity (Wildman–Crippen MR) is 62.2 cm³/mol. The standard InChI is InChI=1S/C13H23NO2/c1-9(15)8-14-11-10-4-7-16-12(10)13(11)5-2-3-6-13/h9-12,14-15H,2-8H2,1H3/t9-,10?,11?,12?/m0/s1. The molecule has 4 atom stereocenters.